The second-order valence-electron chi connectivity index (χ2n) is 8.72. The van der Waals surface area contributed by atoms with Crippen molar-refractivity contribution in [2.75, 3.05) is 5.32 Å². The molecule has 5 aromatic rings. The van der Waals surface area contributed by atoms with E-state index in [1.165, 1.54) is 12.1 Å². The van der Waals surface area contributed by atoms with Crippen molar-refractivity contribution in [1.29, 1.82) is 0 Å². The van der Waals surface area contributed by atoms with Crippen LogP contribution in [0.2, 0.25) is 0 Å². The maximum absolute atomic E-state index is 12.6. The summed E-state index contributed by atoms with van der Waals surface area (Å²) < 4.78 is 46.7. The van der Waals surface area contributed by atoms with E-state index in [-0.39, 0.29) is 22.7 Å². The lowest BCUT2D eigenvalue weighted by atomic mass is 10.1. The molecule has 0 bridgehead atoms. The van der Waals surface area contributed by atoms with Crippen LogP contribution in [0.1, 0.15) is 16.7 Å². The lowest BCUT2D eigenvalue weighted by Crippen LogP contribution is -2.23. The zero-order chi connectivity index (χ0) is 27.6. The number of para-hydroxylation sites is 1. The van der Waals surface area contributed by atoms with Gasteiger partial charge in [0.15, 0.2) is 0 Å². The molecule has 0 aliphatic rings. The van der Waals surface area contributed by atoms with Crippen LogP contribution in [0.4, 0.5) is 23.7 Å². The first-order valence-electron chi connectivity index (χ1n) is 11.8. The average molecular weight is 566 g/mol. The molecule has 0 fully saturated rings. The van der Waals surface area contributed by atoms with E-state index in [0.29, 0.717) is 0 Å². The number of benzene rings is 3. The maximum atomic E-state index is 12.6. The number of thioether (sulfide) groups is 1. The van der Waals surface area contributed by atoms with Gasteiger partial charge in [0, 0.05) is 33.9 Å². The largest absolute Gasteiger partial charge is 0.446 e. The number of fused-ring (bicyclic) bond motifs is 3. The van der Waals surface area contributed by atoms with Crippen molar-refractivity contribution in [3.05, 3.63) is 95.8 Å². The van der Waals surface area contributed by atoms with Gasteiger partial charge in [0.2, 0.25) is 0 Å². The van der Waals surface area contributed by atoms with Gasteiger partial charge in [-0.1, -0.05) is 36.4 Å². The number of carbonyl (C=O) groups is 1. The third kappa shape index (κ3) is 6.21. The Labute approximate surface area is 231 Å². The number of carbonyl (C=O) groups excluding carboxylic acids is 1. The fraction of sp³-hybridized carbons (Fsp3) is 0.107. The van der Waals surface area contributed by atoms with Crippen LogP contribution in [-0.4, -0.2) is 27.1 Å². The highest BCUT2D eigenvalue weighted by Gasteiger charge is 2.29. The van der Waals surface area contributed by atoms with Crippen molar-refractivity contribution in [1.82, 2.24) is 14.1 Å². The molecule has 3 aromatic carbocycles. The summed E-state index contributed by atoms with van der Waals surface area (Å²) in [4.78, 5) is 16.9. The van der Waals surface area contributed by atoms with Gasteiger partial charge < -0.3 is 5.32 Å². The van der Waals surface area contributed by atoms with Gasteiger partial charge in [0.1, 0.15) is 5.65 Å². The van der Waals surface area contributed by atoms with Gasteiger partial charge in [-0.2, -0.15) is 13.2 Å². The minimum atomic E-state index is -4.32. The van der Waals surface area contributed by atoms with E-state index in [4.69, 9.17) is 0 Å². The van der Waals surface area contributed by atoms with Crippen LogP contribution >= 0.6 is 23.9 Å². The van der Waals surface area contributed by atoms with E-state index in [0.717, 1.165) is 62.2 Å². The number of halogens is 3. The highest BCUT2D eigenvalue weighted by molar-refractivity contribution is 8.00. The zero-order valence-corrected chi connectivity index (χ0v) is 22.4. The standard InChI is InChI=1S/C28H22F3N5OS2/c1-17-4-3-5-18(2)25(17)34-27(37)35-39-33-15-19-6-11-23-21(14-19)12-13-36-24(16-32-26(23)36)20-7-9-22(10-8-20)38-28(29,30)31/h3-16H,1-2H3,(H2,34,35,37)/b33-15+. The van der Waals surface area contributed by atoms with Crippen LogP contribution in [-0.2, 0) is 0 Å². The molecule has 39 heavy (non-hydrogen) atoms. The van der Waals surface area contributed by atoms with Crippen LogP contribution in [0.25, 0.3) is 27.7 Å². The number of rotatable bonds is 6. The van der Waals surface area contributed by atoms with Crippen LogP contribution in [0.3, 0.4) is 0 Å². The minimum Gasteiger partial charge on any atom is -0.307 e. The molecule has 0 radical (unpaired) electrons. The number of hydrogen-bond donors (Lipinski definition) is 2. The number of aryl methyl sites for hydroxylation is 2. The molecule has 0 spiro atoms. The number of anilines is 1. The third-order valence-electron chi connectivity index (χ3n) is 6.01. The highest BCUT2D eigenvalue weighted by atomic mass is 32.2. The lowest BCUT2D eigenvalue weighted by molar-refractivity contribution is -0.0328. The maximum Gasteiger partial charge on any atom is 0.446 e. The third-order valence-corrected chi connectivity index (χ3v) is 7.24. The molecule has 0 saturated carbocycles. The van der Waals surface area contributed by atoms with Gasteiger partial charge in [0.05, 0.1) is 24.0 Å². The number of alkyl halides is 3. The summed E-state index contributed by atoms with van der Waals surface area (Å²) in [5.74, 6) is 0. The predicted molar refractivity (Wildman–Crippen MR) is 153 cm³/mol. The number of amides is 2. The van der Waals surface area contributed by atoms with Crippen molar-refractivity contribution in [3.8, 4) is 11.3 Å². The van der Waals surface area contributed by atoms with Crippen molar-refractivity contribution in [2.45, 2.75) is 24.3 Å². The number of imidazole rings is 1. The second-order valence-corrected chi connectivity index (χ2v) is 10.5. The molecule has 0 aliphatic carbocycles. The quantitative estimate of drug-likeness (QED) is 0.124. The second kappa shape index (κ2) is 11.0. The summed E-state index contributed by atoms with van der Waals surface area (Å²) in [6.07, 6.45) is 5.25. The number of nitrogens with zero attached hydrogens (tertiary/aromatic N) is 3. The van der Waals surface area contributed by atoms with E-state index in [9.17, 15) is 18.0 Å². The van der Waals surface area contributed by atoms with Crippen LogP contribution < -0.4 is 10.0 Å². The first kappa shape index (κ1) is 26.6. The molecule has 2 amide bonds. The molecule has 0 atom stereocenters. The first-order chi connectivity index (χ1) is 18.7. The molecule has 0 unspecified atom stereocenters. The highest BCUT2D eigenvalue weighted by Crippen LogP contribution is 2.37. The SMILES string of the molecule is Cc1cccc(C)c1NC(=O)NS/N=C/c1ccc2c(ccn3c(-c4ccc(SC(F)(F)F)cc4)cnc23)c1. The summed E-state index contributed by atoms with van der Waals surface area (Å²) in [5, 5.41) is 4.71. The van der Waals surface area contributed by atoms with Crippen molar-refractivity contribution >= 4 is 58.2 Å². The molecule has 11 heteroatoms. The molecular weight excluding hydrogens is 543 g/mol. The molecule has 2 heterocycles. The lowest BCUT2D eigenvalue weighted by Gasteiger charge is -2.10. The number of pyridine rings is 1. The average Bonchev–Trinajstić information content (AvgIpc) is 3.33. The van der Waals surface area contributed by atoms with E-state index >= 15 is 0 Å². The van der Waals surface area contributed by atoms with Crippen LogP contribution in [0.15, 0.2) is 88.4 Å². The Bertz CT molecular complexity index is 1680. The smallest absolute Gasteiger partial charge is 0.307 e. The Balaban J connectivity index is 1.27. The zero-order valence-electron chi connectivity index (χ0n) is 20.8. The summed E-state index contributed by atoms with van der Waals surface area (Å²) in [6, 6.07) is 19.4. The van der Waals surface area contributed by atoms with Gasteiger partial charge in [-0.15, -0.1) is 0 Å². The number of aromatic nitrogens is 2. The van der Waals surface area contributed by atoms with Gasteiger partial charge in [-0.3, -0.25) is 9.12 Å². The Hall–Kier alpha value is -3.96. The van der Waals surface area contributed by atoms with E-state index < -0.39 is 5.51 Å². The van der Waals surface area contributed by atoms with Crippen molar-refractivity contribution in [3.63, 3.8) is 0 Å². The fourth-order valence-corrected chi connectivity index (χ4v) is 5.12. The fourth-order valence-electron chi connectivity index (χ4n) is 4.22. The van der Waals surface area contributed by atoms with Crippen LogP contribution in [0, 0.1) is 13.8 Å². The summed E-state index contributed by atoms with van der Waals surface area (Å²) in [7, 11) is 0. The Morgan fingerprint density at radius 3 is 2.49 bits per heavy atom. The molecule has 198 valence electrons. The number of urea groups is 1. The molecule has 0 aliphatic heterocycles. The Morgan fingerprint density at radius 1 is 1.03 bits per heavy atom. The van der Waals surface area contributed by atoms with Gasteiger partial charge in [-0.25, -0.2) is 14.2 Å². The summed E-state index contributed by atoms with van der Waals surface area (Å²) in [5.41, 5.74) is 1.54. The number of nitrogens with one attached hydrogen (secondary N) is 2. The summed E-state index contributed by atoms with van der Waals surface area (Å²) in [6.45, 7) is 3.87. The molecule has 5 rings (SSSR count). The van der Waals surface area contributed by atoms with E-state index in [2.05, 4.69) is 19.4 Å². The predicted octanol–water partition coefficient (Wildman–Crippen LogP) is 8.19. The molecular formula is C28H22F3N5OS2. The normalized spacial score (nSPS) is 11.9. The molecule has 2 aromatic heterocycles. The number of hydrogen-bond acceptors (Lipinski definition) is 5. The van der Waals surface area contributed by atoms with E-state index in [1.54, 1.807) is 24.5 Å². The van der Waals surface area contributed by atoms with E-state index in [1.807, 2.05) is 66.9 Å². The molecule has 0 saturated heterocycles. The van der Waals surface area contributed by atoms with Crippen molar-refractivity contribution < 1.29 is 18.0 Å². The minimum absolute atomic E-state index is 0.134. The Morgan fingerprint density at radius 2 is 1.77 bits per heavy atom. The van der Waals surface area contributed by atoms with Crippen molar-refractivity contribution in [2.24, 2.45) is 4.40 Å². The monoisotopic (exact) mass is 565 g/mol. The summed E-state index contributed by atoms with van der Waals surface area (Å²) >= 11 is 0.792. The molecule has 2 N–H and O–H groups in total. The Kier molecular flexibility index (Phi) is 7.53. The first-order valence-corrected chi connectivity index (χ1v) is 13.4. The van der Waals surface area contributed by atoms with Gasteiger partial charge in [0.25, 0.3) is 0 Å². The van der Waals surface area contributed by atoms with Crippen LogP contribution in [0.5, 0.6) is 0 Å². The topological polar surface area (TPSA) is 70.8 Å². The van der Waals surface area contributed by atoms with Gasteiger partial charge >= 0.3 is 11.5 Å². The van der Waals surface area contributed by atoms with Gasteiger partial charge in [-0.05, 0) is 78.0 Å². The molecule has 6 nitrogen and oxygen atoms in total.